The Labute approximate surface area is 100 Å². The summed E-state index contributed by atoms with van der Waals surface area (Å²) in [5, 5.41) is 1.11. The van der Waals surface area contributed by atoms with Crippen LogP contribution in [0.5, 0.6) is 0 Å². The van der Waals surface area contributed by atoms with E-state index < -0.39 is 0 Å². The van der Waals surface area contributed by atoms with Crippen molar-refractivity contribution in [2.75, 3.05) is 0 Å². The van der Waals surface area contributed by atoms with Gasteiger partial charge in [0.1, 0.15) is 5.01 Å². The van der Waals surface area contributed by atoms with Gasteiger partial charge in [0.2, 0.25) is 0 Å². The second kappa shape index (κ2) is 4.74. The van der Waals surface area contributed by atoms with E-state index in [1.165, 1.54) is 16.1 Å². The monoisotopic (exact) mass is 232 g/mol. The summed E-state index contributed by atoms with van der Waals surface area (Å²) in [6.45, 7) is 6.59. The van der Waals surface area contributed by atoms with E-state index in [1.807, 2.05) is 24.5 Å². The summed E-state index contributed by atoms with van der Waals surface area (Å²) in [4.78, 5) is 10.2. The van der Waals surface area contributed by atoms with Crippen molar-refractivity contribution in [3.8, 4) is 10.6 Å². The second-order valence-electron chi connectivity index (χ2n) is 4.07. The van der Waals surface area contributed by atoms with E-state index in [9.17, 15) is 0 Å². The number of rotatable bonds is 3. The molecule has 2 aromatic rings. The van der Waals surface area contributed by atoms with Gasteiger partial charge in [-0.15, -0.1) is 11.3 Å². The van der Waals surface area contributed by atoms with E-state index in [-0.39, 0.29) is 0 Å². The lowest BCUT2D eigenvalue weighted by Crippen LogP contribution is -1.92. The third-order valence-corrected chi connectivity index (χ3v) is 3.79. The van der Waals surface area contributed by atoms with Crippen LogP contribution in [0.15, 0.2) is 24.5 Å². The second-order valence-corrected chi connectivity index (χ2v) is 5.16. The number of pyridine rings is 1. The Balaban J connectivity index is 2.44. The van der Waals surface area contributed by atoms with Crippen molar-refractivity contribution < 1.29 is 0 Å². The Hall–Kier alpha value is -1.22. The molecular weight excluding hydrogens is 216 g/mol. The fourth-order valence-electron chi connectivity index (χ4n) is 1.69. The lowest BCUT2D eigenvalue weighted by atomic mass is 10.1. The topological polar surface area (TPSA) is 25.8 Å². The van der Waals surface area contributed by atoms with Gasteiger partial charge in [-0.2, -0.15) is 0 Å². The molecule has 0 aromatic carbocycles. The molecule has 2 aromatic heterocycles. The Morgan fingerprint density at radius 3 is 2.44 bits per heavy atom. The highest BCUT2D eigenvalue weighted by molar-refractivity contribution is 7.15. The highest BCUT2D eigenvalue weighted by atomic mass is 32.1. The predicted molar refractivity (Wildman–Crippen MR) is 68.8 cm³/mol. The molecule has 0 spiro atoms. The molecule has 0 amide bonds. The van der Waals surface area contributed by atoms with Gasteiger partial charge < -0.3 is 0 Å². The van der Waals surface area contributed by atoms with Crippen LogP contribution in [0.3, 0.4) is 0 Å². The van der Waals surface area contributed by atoms with Gasteiger partial charge in [-0.3, -0.25) is 4.98 Å². The third kappa shape index (κ3) is 2.14. The van der Waals surface area contributed by atoms with Gasteiger partial charge in [0.15, 0.2) is 0 Å². The van der Waals surface area contributed by atoms with Crippen LogP contribution in [-0.2, 0) is 6.42 Å². The average Bonchev–Trinajstić information content (AvgIpc) is 2.74. The van der Waals surface area contributed by atoms with Crippen molar-refractivity contribution in [1.82, 2.24) is 9.97 Å². The molecule has 16 heavy (non-hydrogen) atoms. The predicted octanol–water partition coefficient (Wildman–Crippen LogP) is 3.89. The van der Waals surface area contributed by atoms with Crippen molar-refractivity contribution in [2.45, 2.75) is 33.1 Å². The molecule has 0 aliphatic heterocycles. The number of thiazole rings is 1. The van der Waals surface area contributed by atoms with E-state index in [0.717, 1.165) is 11.4 Å². The molecule has 0 saturated heterocycles. The third-order valence-electron chi connectivity index (χ3n) is 2.52. The van der Waals surface area contributed by atoms with E-state index in [1.54, 1.807) is 11.3 Å². The van der Waals surface area contributed by atoms with E-state index in [0.29, 0.717) is 5.92 Å². The number of hydrogen-bond donors (Lipinski definition) is 0. The first-order valence-corrected chi connectivity index (χ1v) is 6.44. The van der Waals surface area contributed by atoms with Crippen molar-refractivity contribution in [3.63, 3.8) is 0 Å². The van der Waals surface area contributed by atoms with Crippen molar-refractivity contribution in [1.29, 1.82) is 0 Å². The van der Waals surface area contributed by atoms with Crippen LogP contribution in [0.4, 0.5) is 0 Å². The molecule has 84 valence electrons. The van der Waals surface area contributed by atoms with Gasteiger partial charge in [0.25, 0.3) is 0 Å². The summed E-state index contributed by atoms with van der Waals surface area (Å²) in [5.74, 6) is 0.502. The Bertz CT molecular complexity index is 460. The average molecular weight is 232 g/mol. The molecule has 0 fully saturated rings. The summed E-state index contributed by atoms with van der Waals surface area (Å²) in [6, 6.07) is 4.03. The Morgan fingerprint density at radius 1 is 1.25 bits per heavy atom. The number of hydrogen-bond acceptors (Lipinski definition) is 3. The number of aryl methyl sites for hydroxylation is 1. The molecule has 0 aliphatic carbocycles. The lowest BCUT2D eigenvalue weighted by molar-refractivity contribution is 0.817. The zero-order valence-corrected chi connectivity index (χ0v) is 10.7. The van der Waals surface area contributed by atoms with Crippen LogP contribution < -0.4 is 0 Å². The first-order chi connectivity index (χ1) is 7.72. The smallest absolute Gasteiger partial charge is 0.123 e. The Morgan fingerprint density at radius 2 is 1.94 bits per heavy atom. The van der Waals surface area contributed by atoms with Gasteiger partial charge >= 0.3 is 0 Å². The Kier molecular flexibility index (Phi) is 3.34. The quantitative estimate of drug-likeness (QED) is 0.802. The van der Waals surface area contributed by atoms with Gasteiger partial charge in [0.05, 0.1) is 5.69 Å². The molecule has 2 rings (SSSR count). The standard InChI is InChI=1S/C13H16N2S/c1-4-11-12(9(2)3)15-13(16-11)10-5-7-14-8-6-10/h5-9H,4H2,1-3H3. The minimum atomic E-state index is 0.502. The molecule has 2 heterocycles. The van der Waals surface area contributed by atoms with Crippen molar-refractivity contribution >= 4 is 11.3 Å². The van der Waals surface area contributed by atoms with Gasteiger partial charge in [0, 0.05) is 22.8 Å². The van der Waals surface area contributed by atoms with Crippen LogP contribution in [0.25, 0.3) is 10.6 Å². The normalized spacial score (nSPS) is 11.0. The van der Waals surface area contributed by atoms with Crippen LogP contribution in [0.2, 0.25) is 0 Å². The maximum Gasteiger partial charge on any atom is 0.123 e. The fraction of sp³-hybridized carbons (Fsp3) is 0.385. The maximum absolute atomic E-state index is 4.74. The zero-order valence-electron chi connectivity index (χ0n) is 9.90. The molecule has 0 bridgehead atoms. The summed E-state index contributed by atoms with van der Waals surface area (Å²) in [6.07, 6.45) is 4.70. The summed E-state index contributed by atoms with van der Waals surface area (Å²) in [5.41, 5.74) is 2.42. The highest BCUT2D eigenvalue weighted by Crippen LogP contribution is 2.31. The molecule has 0 aliphatic rings. The van der Waals surface area contributed by atoms with E-state index >= 15 is 0 Å². The first kappa shape index (κ1) is 11.3. The van der Waals surface area contributed by atoms with Crippen LogP contribution in [-0.4, -0.2) is 9.97 Å². The summed E-state index contributed by atoms with van der Waals surface area (Å²) in [7, 11) is 0. The van der Waals surface area contributed by atoms with Gasteiger partial charge in [-0.05, 0) is 24.5 Å². The number of aromatic nitrogens is 2. The minimum absolute atomic E-state index is 0.502. The molecule has 0 atom stereocenters. The van der Waals surface area contributed by atoms with Crippen LogP contribution in [0.1, 0.15) is 37.3 Å². The molecule has 0 unspecified atom stereocenters. The van der Waals surface area contributed by atoms with Crippen molar-refractivity contribution in [2.24, 2.45) is 0 Å². The molecule has 0 N–H and O–H groups in total. The molecule has 0 saturated carbocycles. The van der Waals surface area contributed by atoms with Crippen molar-refractivity contribution in [3.05, 3.63) is 35.1 Å². The molecule has 0 radical (unpaired) electrons. The fourth-order valence-corrected chi connectivity index (χ4v) is 2.85. The van der Waals surface area contributed by atoms with E-state index in [2.05, 4.69) is 25.8 Å². The molecular formula is C13H16N2S. The number of nitrogens with zero attached hydrogens (tertiary/aromatic N) is 2. The molecule has 2 nitrogen and oxygen atoms in total. The van der Waals surface area contributed by atoms with Gasteiger partial charge in [-0.25, -0.2) is 4.98 Å². The zero-order chi connectivity index (χ0) is 11.5. The van der Waals surface area contributed by atoms with Gasteiger partial charge in [-0.1, -0.05) is 20.8 Å². The highest BCUT2D eigenvalue weighted by Gasteiger charge is 2.13. The summed E-state index contributed by atoms with van der Waals surface area (Å²) < 4.78 is 0. The molecule has 3 heteroatoms. The maximum atomic E-state index is 4.74. The summed E-state index contributed by atoms with van der Waals surface area (Å²) >= 11 is 1.80. The van der Waals surface area contributed by atoms with Crippen LogP contribution >= 0.6 is 11.3 Å². The lowest BCUT2D eigenvalue weighted by Gasteiger charge is -2.01. The van der Waals surface area contributed by atoms with Crippen LogP contribution in [0, 0.1) is 0 Å². The largest absolute Gasteiger partial charge is 0.265 e. The minimum Gasteiger partial charge on any atom is -0.265 e. The first-order valence-electron chi connectivity index (χ1n) is 5.62. The van der Waals surface area contributed by atoms with E-state index in [4.69, 9.17) is 4.98 Å². The SMILES string of the molecule is CCc1sc(-c2ccncc2)nc1C(C)C.